The Bertz CT molecular complexity index is 1580. The first-order valence-electron chi connectivity index (χ1n) is 13.7. The molecule has 1 fully saturated rings. The first kappa shape index (κ1) is 27.6. The summed E-state index contributed by atoms with van der Waals surface area (Å²) in [5, 5.41) is 20.7. The van der Waals surface area contributed by atoms with Crippen LogP contribution in [-0.4, -0.2) is 71.0 Å². The molecule has 0 aromatic heterocycles. The van der Waals surface area contributed by atoms with Crippen molar-refractivity contribution in [2.75, 3.05) is 39.3 Å². The smallest absolute Gasteiger partial charge is 0.336 e. The number of benzene rings is 3. The van der Waals surface area contributed by atoms with Gasteiger partial charge in [0.25, 0.3) is 0 Å². The fourth-order valence-electron chi connectivity index (χ4n) is 5.58. The molecule has 0 unspecified atom stereocenters. The molecule has 0 atom stereocenters. The number of carbonyl (C=O) groups excluding carboxylic acids is 1. The minimum absolute atomic E-state index is 0.0137. The Morgan fingerprint density at radius 2 is 1.65 bits per heavy atom. The number of carbonyl (C=O) groups is 2. The third kappa shape index (κ3) is 5.93. The van der Waals surface area contributed by atoms with Crippen LogP contribution in [0.4, 0.5) is 0 Å². The van der Waals surface area contributed by atoms with Crippen molar-refractivity contribution in [1.29, 1.82) is 0 Å². The van der Waals surface area contributed by atoms with Gasteiger partial charge in [0.05, 0.1) is 5.56 Å². The number of ketones is 1. The minimum Gasteiger partial charge on any atom is -0.508 e. The Hall–Kier alpha value is -4.01. The lowest BCUT2D eigenvalue weighted by Crippen LogP contribution is -2.47. The van der Waals surface area contributed by atoms with Gasteiger partial charge in [-0.05, 0) is 54.8 Å². The monoisotopic (exact) mass is 542 g/mol. The largest absolute Gasteiger partial charge is 0.508 e. The summed E-state index contributed by atoms with van der Waals surface area (Å²) in [6, 6.07) is 13.7. The zero-order chi connectivity index (χ0) is 28.4. The molecular weight excluding hydrogens is 508 g/mol. The fraction of sp³-hybridized carbons (Fsp3) is 0.344. The summed E-state index contributed by atoms with van der Waals surface area (Å²) >= 11 is 0. The standard InChI is InChI=1S/C32H34N2O6/c1-20(2)19-34-14-12-33(13-15-34)11-3-4-28(37)21-5-8-24(27(16-21)32(38)39)31-25-9-6-22(35)17-29(25)40-30-18-23(36)7-10-26(30)31/h5-10,16-18,20,35H,3-4,11-15,19H2,1-2H3,(H,38,39). The Morgan fingerprint density at radius 3 is 2.38 bits per heavy atom. The van der Waals surface area contributed by atoms with E-state index in [4.69, 9.17) is 4.42 Å². The minimum atomic E-state index is -1.16. The van der Waals surface area contributed by atoms with Crippen LogP contribution >= 0.6 is 0 Å². The summed E-state index contributed by atoms with van der Waals surface area (Å²) in [6.07, 6.45) is 1.05. The molecule has 0 spiro atoms. The number of carboxylic acid groups (broad SMARTS) is 1. The second kappa shape index (κ2) is 11.6. The zero-order valence-electron chi connectivity index (χ0n) is 22.9. The number of aromatic hydroxyl groups is 1. The summed E-state index contributed by atoms with van der Waals surface area (Å²) in [5.41, 5.74) is 1.93. The molecule has 1 saturated heterocycles. The third-order valence-corrected chi connectivity index (χ3v) is 7.48. The Kier molecular flexibility index (Phi) is 8.00. The quantitative estimate of drug-likeness (QED) is 0.219. The van der Waals surface area contributed by atoms with Crippen LogP contribution < -0.4 is 5.43 Å². The number of phenols is 1. The van der Waals surface area contributed by atoms with Gasteiger partial charge in [-0.3, -0.25) is 9.59 Å². The highest BCUT2D eigenvalue weighted by molar-refractivity contribution is 6.09. The highest BCUT2D eigenvalue weighted by Gasteiger charge is 2.23. The number of hydrogen-bond donors (Lipinski definition) is 2. The second-order valence-electron chi connectivity index (χ2n) is 10.9. The molecule has 208 valence electrons. The van der Waals surface area contributed by atoms with Crippen LogP contribution in [0, 0.1) is 5.92 Å². The summed E-state index contributed by atoms with van der Waals surface area (Å²) in [4.78, 5) is 42.4. The first-order valence-corrected chi connectivity index (χ1v) is 13.7. The summed E-state index contributed by atoms with van der Waals surface area (Å²) < 4.78 is 5.88. The van der Waals surface area contributed by atoms with E-state index in [1.807, 2.05) is 0 Å². The van der Waals surface area contributed by atoms with Gasteiger partial charge in [-0.2, -0.15) is 0 Å². The average molecular weight is 543 g/mol. The van der Waals surface area contributed by atoms with Gasteiger partial charge in [-0.15, -0.1) is 0 Å². The molecule has 8 nitrogen and oxygen atoms in total. The fourth-order valence-corrected chi connectivity index (χ4v) is 5.58. The molecular formula is C32H34N2O6. The van der Waals surface area contributed by atoms with Crippen LogP contribution in [0.15, 0.2) is 63.8 Å². The molecule has 40 heavy (non-hydrogen) atoms. The van der Waals surface area contributed by atoms with Gasteiger partial charge in [0.2, 0.25) is 0 Å². The molecule has 0 amide bonds. The lowest BCUT2D eigenvalue weighted by Gasteiger charge is -2.35. The molecule has 3 aliphatic rings. The van der Waals surface area contributed by atoms with Gasteiger partial charge in [-0.25, -0.2) is 4.79 Å². The summed E-state index contributed by atoms with van der Waals surface area (Å²) in [6.45, 7) is 10.5. The molecule has 2 heterocycles. The number of nitrogens with zero attached hydrogens (tertiary/aromatic N) is 2. The number of piperazine rings is 1. The van der Waals surface area contributed by atoms with Gasteiger partial charge in [0.15, 0.2) is 11.2 Å². The summed E-state index contributed by atoms with van der Waals surface area (Å²) in [5.74, 6) is -0.338. The number of phenolic OH excluding ortho intramolecular Hbond substituents is 1. The van der Waals surface area contributed by atoms with E-state index in [1.165, 1.54) is 30.3 Å². The van der Waals surface area contributed by atoms with E-state index in [1.54, 1.807) is 24.3 Å². The SMILES string of the molecule is CC(C)CN1CCN(CCCC(=O)c2ccc(-c3c4ccc(=O)cc-4oc4cc(O)ccc34)c(C(=O)O)c2)CC1. The highest BCUT2D eigenvalue weighted by Crippen LogP contribution is 2.42. The van der Waals surface area contributed by atoms with E-state index in [2.05, 4.69) is 23.6 Å². The van der Waals surface area contributed by atoms with Crippen LogP contribution in [0.1, 0.15) is 47.4 Å². The maximum Gasteiger partial charge on any atom is 0.336 e. The maximum atomic E-state index is 13.1. The van der Waals surface area contributed by atoms with Crippen molar-refractivity contribution in [2.24, 2.45) is 5.92 Å². The van der Waals surface area contributed by atoms with Crippen LogP contribution in [0.5, 0.6) is 5.75 Å². The third-order valence-electron chi connectivity index (χ3n) is 7.48. The van der Waals surface area contributed by atoms with Crippen LogP contribution in [0.2, 0.25) is 0 Å². The number of Topliss-reactive ketones (excluding diaryl/α,β-unsaturated/α-hetero) is 1. The number of aromatic carboxylic acids is 1. The molecule has 2 aliphatic heterocycles. The Labute approximate surface area is 232 Å². The van der Waals surface area contributed by atoms with Crippen molar-refractivity contribution < 1.29 is 24.2 Å². The van der Waals surface area contributed by atoms with E-state index in [-0.39, 0.29) is 28.3 Å². The van der Waals surface area contributed by atoms with E-state index < -0.39 is 5.97 Å². The van der Waals surface area contributed by atoms with Crippen molar-refractivity contribution in [2.45, 2.75) is 26.7 Å². The van der Waals surface area contributed by atoms with Crippen LogP contribution in [0.25, 0.3) is 33.4 Å². The van der Waals surface area contributed by atoms with Crippen molar-refractivity contribution in [3.05, 3.63) is 75.9 Å². The number of carboxylic acids is 1. The Morgan fingerprint density at radius 1 is 0.925 bits per heavy atom. The summed E-state index contributed by atoms with van der Waals surface area (Å²) in [7, 11) is 0. The van der Waals surface area contributed by atoms with Crippen molar-refractivity contribution in [1.82, 2.24) is 9.80 Å². The van der Waals surface area contributed by atoms with E-state index in [0.29, 0.717) is 52.0 Å². The normalized spacial score (nSPS) is 14.8. The lowest BCUT2D eigenvalue weighted by atomic mass is 9.89. The van der Waals surface area contributed by atoms with E-state index >= 15 is 0 Å². The van der Waals surface area contributed by atoms with Gasteiger partial charge >= 0.3 is 5.97 Å². The molecule has 0 radical (unpaired) electrons. The topological polar surface area (TPSA) is 111 Å². The predicted molar refractivity (Wildman–Crippen MR) is 154 cm³/mol. The first-order chi connectivity index (χ1) is 19.2. The number of rotatable bonds is 9. The van der Waals surface area contributed by atoms with Crippen molar-refractivity contribution >= 4 is 22.7 Å². The molecule has 2 N–H and O–H groups in total. The molecule has 1 aliphatic carbocycles. The van der Waals surface area contributed by atoms with Gasteiger partial charge in [-0.1, -0.05) is 26.0 Å². The van der Waals surface area contributed by atoms with Gasteiger partial charge in [0, 0.05) is 73.4 Å². The van der Waals surface area contributed by atoms with Gasteiger partial charge in [0.1, 0.15) is 17.1 Å². The molecule has 0 saturated carbocycles. The predicted octanol–water partition coefficient (Wildman–Crippen LogP) is 5.21. The highest BCUT2D eigenvalue weighted by atomic mass is 16.4. The van der Waals surface area contributed by atoms with E-state index in [9.17, 15) is 24.6 Å². The number of fused-ring (bicyclic) bond motifs is 2. The molecule has 8 heteroatoms. The molecule has 2 aromatic carbocycles. The zero-order valence-corrected chi connectivity index (χ0v) is 22.9. The van der Waals surface area contributed by atoms with Crippen molar-refractivity contribution in [3.63, 3.8) is 0 Å². The van der Waals surface area contributed by atoms with Crippen molar-refractivity contribution in [3.8, 4) is 28.2 Å². The maximum absolute atomic E-state index is 13.1. The molecule has 2 aromatic rings. The molecule has 5 rings (SSSR count). The van der Waals surface area contributed by atoms with Gasteiger partial charge < -0.3 is 24.4 Å². The van der Waals surface area contributed by atoms with Crippen LogP contribution in [0.3, 0.4) is 0 Å². The number of hydrogen-bond acceptors (Lipinski definition) is 7. The van der Waals surface area contributed by atoms with Crippen LogP contribution in [-0.2, 0) is 0 Å². The molecule has 0 bridgehead atoms. The Balaban J connectivity index is 1.39. The second-order valence-corrected chi connectivity index (χ2v) is 10.9. The lowest BCUT2D eigenvalue weighted by molar-refractivity contribution is 0.0697. The average Bonchev–Trinajstić information content (AvgIpc) is 2.92. The van der Waals surface area contributed by atoms with E-state index in [0.717, 1.165) is 39.3 Å².